The van der Waals surface area contributed by atoms with Gasteiger partial charge in [-0.05, 0) is 41.8 Å². The molecule has 0 spiro atoms. The highest BCUT2D eigenvalue weighted by atomic mass is 35.5. The van der Waals surface area contributed by atoms with E-state index in [0.717, 1.165) is 11.1 Å². The first-order valence-corrected chi connectivity index (χ1v) is 8.42. The van der Waals surface area contributed by atoms with E-state index in [1.165, 1.54) is 10.4 Å². The van der Waals surface area contributed by atoms with Gasteiger partial charge in [-0.3, -0.25) is 0 Å². The van der Waals surface area contributed by atoms with Gasteiger partial charge in [-0.1, -0.05) is 29.8 Å². The monoisotopic (exact) mass is 322 g/mol. The van der Waals surface area contributed by atoms with E-state index in [2.05, 4.69) is 0 Å². The lowest BCUT2D eigenvalue weighted by atomic mass is 10.0. The summed E-state index contributed by atoms with van der Waals surface area (Å²) in [6, 6.07) is 12.2. The number of nitrogen functional groups attached to an aromatic ring is 1. The summed E-state index contributed by atoms with van der Waals surface area (Å²) in [5.74, 6) is 0. The Balaban J connectivity index is 1.97. The zero-order valence-electron chi connectivity index (χ0n) is 11.3. The Labute approximate surface area is 129 Å². The second-order valence-electron chi connectivity index (χ2n) is 5.05. The second kappa shape index (κ2) is 5.33. The van der Waals surface area contributed by atoms with Gasteiger partial charge in [0.2, 0.25) is 10.0 Å². The Hall–Kier alpha value is -1.56. The molecule has 6 heteroatoms. The molecular weight excluding hydrogens is 308 g/mol. The van der Waals surface area contributed by atoms with E-state index in [1.807, 2.05) is 18.2 Å². The molecule has 3 rings (SSSR count). The molecule has 0 atom stereocenters. The van der Waals surface area contributed by atoms with Crippen LogP contribution in [0.15, 0.2) is 47.4 Å². The number of hydrogen-bond donors (Lipinski definition) is 1. The molecule has 110 valence electrons. The summed E-state index contributed by atoms with van der Waals surface area (Å²) in [6.45, 7) is 0.776. The van der Waals surface area contributed by atoms with Gasteiger partial charge >= 0.3 is 0 Å². The van der Waals surface area contributed by atoms with Gasteiger partial charge in [-0.15, -0.1) is 0 Å². The summed E-state index contributed by atoms with van der Waals surface area (Å²) in [4.78, 5) is 0.152. The minimum Gasteiger partial charge on any atom is -0.399 e. The van der Waals surface area contributed by atoms with Crippen LogP contribution in [-0.4, -0.2) is 19.3 Å². The Morgan fingerprint density at radius 3 is 2.62 bits per heavy atom. The van der Waals surface area contributed by atoms with Crippen molar-refractivity contribution in [1.82, 2.24) is 4.31 Å². The van der Waals surface area contributed by atoms with E-state index < -0.39 is 10.0 Å². The molecule has 2 N–H and O–H groups in total. The number of halogens is 1. The molecule has 0 radical (unpaired) electrons. The van der Waals surface area contributed by atoms with Crippen molar-refractivity contribution in [2.24, 2.45) is 0 Å². The maximum atomic E-state index is 12.7. The summed E-state index contributed by atoms with van der Waals surface area (Å²) in [5.41, 5.74) is 8.53. The summed E-state index contributed by atoms with van der Waals surface area (Å²) >= 11 is 6.03. The molecule has 0 saturated carbocycles. The molecule has 0 fully saturated rings. The van der Waals surface area contributed by atoms with Crippen molar-refractivity contribution in [2.45, 2.75) is 17.9 Å². The molecule has 0 aromatic heterocycles. The molecule has 2 aromatic rings. The average molecular weight is 323 g/mol. The number of anilines is 1. The first-order valence-electron chi connectivity index (χ1n) is 6.60. The van der Waals surface area contributed by atoms with Gasteiger partial charge < -0.3 is 5.73 Å². The molecular formula is C15H15ClN2O2S. The quantitative estimate of drug-likeness (QED) is 0.865. The average Bonchev–Trinajstić information content (AvgIpc) is 2.46. The van der Waals surface area contributed by atoms with Crippen LogP contribution in [0, 0.1) is 0 Å². The zero-order valence-corrected chi connectivity index (χ0v) is 12.9. The molecule has 1 aliphatic rings. The highest BCUT2D eigenvalue weighted by Gasteiger charge is 2.29. The Morgan fingerprint density at radius 2 is 1.86 bits per heavy atom. The van der Waals surface area contributed by atoms with E-state index >= 15 is 0 Å². The Bertz CT molecular complexity index is 790. The number of rotatable bonds is 2. The van der Waals surface area contributed by atoms with Crippen molar-refractivity contribution < 1.29 is 8.42 Å². The maximum absolute atomic E-state index is 12.7. The van der Waals surface area contributed by atoms with Crippen LogP contribution in [0.4, 0.5) is 5.69 Å². The molecule has 21 heavy (non-hydrogen) atoms. The highest BCUT2D eigenvalue weighted by Crippen LogP contribution is 2.29. The van der Waals surface area contributed by atoms with Crippen molar-refractivity contribution in [2.75, 3.05) is 12.3 Å². The third-order valence-corrected chi connectivity index (χ3v) is 6.01. The Morgan fingerprint density at radius 1 is 1.10 bits per heavy atom. The minimum absolute atomic E-state index is 0.152. The smallest absolute Gasteiger partial charge is 0.244 e. The first kappa shape index (κ1) is 14.4. The third kappa shape index (κ3) is 2.64. The summed E-state index contributed by atoms with van der Waals surface area (Å²) in [5, 5.41) is 0.246. The van der Waals surface area contributed by atoms with Crippen LogP contribution >= 0.6 is 11.6 Å². The van der Waals surface area contributed by atoms with Crippen LogP contribution in [0.1, 0.15) is 11.1 Å². The second-order valence-corrected chi connectivity index (χ2v) is 7.36. The number of hydrogen-bond acceptors (Lipinski definition) is 3. The van der Waals surface area contributed by atoms with E-state index in [0.29, 0.717) is 25.2 Å². The summed E-state index contributed by atoms with van der Waals surface area (Å²) in [6.07, 6.45) is 0.680. The fourth-order valence-electron chi connectivity index (χ4n) is 2.55. The number of fused-ring (bicyclic) bond motifs is 1. The van der Waals surface area contributed by atoms with E-state index in [4.69, 9.17) is 17.3 Å². The molecule has 1 aliphatic heterocycles. The zero-order chi connectivity index (χ0) is 15.0. The predicted octanol–water partition coefficient (Wildman–Crippen LogP) is 2.67. The van der Waals surface area contributed by atoms with Gasteiger partial charge in [-0.25, -0.2) is 8.42 Å². The van der Waals surface area contributed by atoms with Crippen molar-refractivity contribution in [3.8, 4) is 0 Å². The van der Waals surface area contributed by atoms with Crippen LogP contribution in [0.5, 0.6) is 0 Å². The van der Waals surface area contributed by atoms with Crippen LogP contribution in [0.3, 0.4) is 0 Å². The van der Waals surface area contributed by atoms with E-state index in [-0.39, 0.29) is 9.92 Å². The van der Waals surface area contributed by atoms with Crippen molar-refractivity contribution >= 4 is 27.3 Å². The molecule has 1 heterocycles. The van der Waals surface area contributed by atoms with Gasteiger partial charge in [0.15, 0.2) is 0 Å². The van der Waals surface area contributed by atoms with Crippen molar-refractivity contribution in [1.29, 1.82) is 0 Å². The fraction of sp³-hybridized carbons (Fsp3) is 0.200. The van der Waals surface area contributed by atoms with Crippen LogP contribution in [0.25, 0.3) is 0 Å². The maximum Gasteiger partial charge on any atom is 0.244 e. The van der Waals surface area contributed by atoms with Gasteiger partial charge in [0.25, 0.3) is 0 Å². The molecule has 2 aromatic carbocycles. The number of sulfonamides is 1. The molecule has 0 aliphatic carbocycles. The lowest BCUT2D eigenvalue weighted by molar-refractivity contribution is 0.391. The number of nitrogens with zero attached hydrogens (tertiary/aromatic N) is 1. The normalized spacial score (nSPS) is 15.7. The summed E-state index contributed by atoms with van der Waals surface area (Å²) in [7, 11) is -3.59. The number of nitrogens with two attached hydrogens (primary N) is 1. The molecule has 4 nitrogen and oxygen atoms in total. The van der Waals surface area contributed by atoms with Crippen LogP contribution in [-0.2, 0) is 23.0 Å². The lowest BCUT2D eigenvalue weighted by Crippen LogP contribution is -2.36. The van der Waals surface area contributed by atoms with Gasteiger partial charge in [-0.2, -0.15) is 4.31 Å². The molecule has 0 saturated heterocycles. The standard InChI is InChI=1S/C15H15ClN2O2S/c16-14-3-1-2-4-15(14)21(19,20)18-8-7-11-5-6-13(17)9-12(11)10-18/h1-6,9H,7-8,10,17H2. The van der Waals surface area contributed by atoms with Crippen molar-refractivity contribution in [3.63, 3.8) is 0 Å². The minimum atomic E-state index is -3.59. The SMILES string of the molecule is Nc1ccc2c(c1)CN(S(=O)(=O)c1ccccc1Cl)CC2. The summed E-state index contributed by atoms with van der Waals surface area (Å²) < 4.78 is 26.9. The van der Waals surface area contributed by atoms with E-state index in [9.17, 15) is 8.42 Å². The number of benzene rings is 2. The third-order valence-electron chi connectivity index (χ3n) is 3.66. The topological polar surface area (TPSA) is 63.4 Å². The van der Waals surface area contributed by atoms with E-state index in [1.54, 1.807) is 18.2 Å². The predicted molar refractivity (Wildman–Crippen MR) is 83.6 cm³/mol. The molecule has 0 bridgehead atoms. The van der Waals surface area contributed by atoms with Crippen LogP contribution < -0.4 is 5.73 Å². The van der Waals surface area contributed by atoms with Gasteiger partial charge in [0, 0.05) is 18.8 Å². The Kier molecular flexibility index (Phi) is 3.65. The van der Waals surface area contributed by atoms with Gasteiger partial charge in [0.05, 0.1) is 5.02 Å². The first-order chi connectivity index (χ1) is 9.98. The molecule has 0 amide bonds. The largest absolute Gasteiger partial charge is 0.399 e. The highest BCUT2D eigenvalue weighted by molar-refractivity contribution is 7.89. The molecule has 0 unspecified atom stereocenters. The van der Waals surface area contributed by atoms with Crippen LogP contribution in [0.2, 0.25) is 5.02 Å². The van der Waals surface area contributed by atoms with Crippen molar-refractivity contribution in [3.05, 3.63) is 58.6 Å². The fourth-order valence-corrected chi connectivity index (χ4v) is 4.46. The lowest BCUT2D eigenvalue weighted by Gasteiger charge is -2.28. The van der Waals surface area contributed by atoms with Gasteiger partial charge in [0.1, 0.15) is 4.90 Å².